The molecule has 3 heteroatoms. The zero-order valence-electron chi connectivity index (χ0n) is 10.0. The molecular formula is C14H15NO2. The van der Waals surface area contributed by atoms with Crippen molar-refractivity contribution in [3.8, 4) is 11.5 Å². The second-order valence-corrected chi connectivity index (χ2v) is 3.69. The SMILES string of the molecule is COc1ccc(Cc2ccccn2)cc1OC. The zero-order valence-corrected chi connectivity index (χ0v) is 10.0. The van der Waals surface area contributed by atoms with Crippen LogP contribution in [0.5, 0.6) is 11.5 Å². The van der Waals surface area contributed by atoms with Crippen LogP contribution < -0.4 is 9.47 Å². The van der Waals surface area contributed by atoms with Gasteiger partial charge in [0.2, 0.25) is 0 Å². The Morgan fingerprint density at radius 1 is 1.00 bits per heavy atom. The standard InChI is InChI=1S/C14H15NO2/c1-16-13-7-6-11(10-14(13)17-2)9-12-5-3-4-8-15-12/h3-8,10H,9H2,1-2H3. The number of methoxy groups -OCH3 is 2. The topological polar surface area (TPSA) is 31.4 Å². The molecule has 0 aliphatic carbocycles. The monoisotopic (exact) mass is 229 g/mol. The molecule has 0 aliphatic heterocycles. The third-order valence-electron chi connectivity index (χ3n) is 2.56. The number of ether oxygens (including phenoxy) is 2. The van der Waals surface area contributed by atoms with Crippen molar-refractivity contribution in [3.05, 3.63) is 53.9 Å². The normalized spacial score (nSPS) is 10.0. The third-order valence-corrected chi connectivity index (χ3v) is 2.56. The molecule has 0 bridgehead atoms. The lowest BCUT2D eigenvalue weighted by Crippen LogP contribution is -1.94. The number of hydrogen-bond acceptors (Lipinski definition) is 3. The van der Waals surface area contributed by atoms with Crippen LogP contribution in [-0.2, 0) is 6.42 Å². The van der Waals surface area contributed by atoms with Crippen LogP contribution in [0.1, 0.15) is 11.3 Å². The van der Waals surface area contributed by atoms with Crippen molar-refractivity contribution in [1.82, 2.24) is 4.98 Å². The maximum Gasteiger partial charge on any atom is 0.160 e. The van der Waals surface area contributed by atoms with Gasteiger partial charge in [-0.2, -0.15) is 0 Å². The molecule has 0 fully saturated rings. The van der Waals surface area contributed by atoms with Crippen molar-refractivity contribution in [2.75, 3.05) is 14.2 Å². The molecule has 2 aromatic rings. The van der Waals surface area contributed by atoms with E-state index in [2.05, 4.69) is 4.98 Å². The summed E-state index contributed by atoms with van der Waals surface area (Å²) in [4.78, 5) is 4.30. The lowest BCUT2D eigenvalue weighted by atomic mass is 10.1. The summed E-state index contributed by atoms with van der Waals surface area (Å²) < 4.78 is 10.5. The maximum absolute atomic E-state index is 5.27. The van der Waals surface area contributed by atoms with E-state index in [-0.39, 0.29) is 0 Å². The zero-order chi connectivity index (χ0) is 12.1. The predicted molar refractivity (Wildman–Crippen MR) is 66.6 cm³/mol. The molecule has 1 aromatic carbocycles. The second-order valence-electron chi connectivity index (χ2n) is 3.69. The fourth-order valence-electron chi connectivity index (χ4n) is 1.70. The lowest BCUT2D eigenvalue weighted by Gasteiger charge is -2.09. The Kier molecular flexibility index (Phi) is 3.60. The smallest absolute Gasteiger partial charge is 0.160 e. The van der Waals surface area contributed by atoms with Gasteiger partial charge in [-0.1, -0.05) is 12.1 Å². The lowest BCUT2D eigenvalue weighted by molar-refractivity contribution is 0.354. The van der Waals surface area contributed by atoms with E-state index in [0.717, 1.165) is 29.2 Å². The quantitative estimate of drug-likeness (QED) is 0.807. The van der Waals surface area contributed by atoms with Gasteiger partial charge in [-0.3, -0.25) is 4.98 Å². The predicted octanol–water partition coefficient (Wildman–Crippen LogP) is 2.69. The minimum Gasteiger partial charge on any atom is -0.493 e. The van der Waals surface area contributed by atoms with Crippen molar-refractivity contribution in [2.45, 2.75) is 6.42 Å². The van der Waals surface area contributed by atoms with Gasteiger partial charge < -0.3 is 9.47 Å². The Morgan fingerprint density at radius 3 is 2.47 bits per heavy atom. The number of aromatic nitrogens is 1. The summed E-state index contributed by atoms with van der Waals surface area (Å²) in [6.07, 6.45) is 2.59. The highest BCUT2D eigenvalue weighted by Gasteiger charge is 2.05. The highest BCUT2D eigenvalue weighted by Crippen LogP contribution is 2.28. The van der Waals surface area contributed by atoms with Gasteiger partial charge in [0.1, 0.15) is 0 Å². The number of nitrogens with zero attached hydrogens (tertiary/aromatic N) is 1. The number of hydrogen-bond donors (Lipinski definition) is 0. The molecule has 0 unspecified atom stereocenters. The van der Waals surface area contributed by atoms with Gasteiger partial charge in [-0.05, 0) is 29.8 Å². The molecule has 0 saturated carbocycles. The highest BCUT2D eigenvalue weighted by molar-refractivity contribution is 5.43. The summed E-state index contributed by atoms with van der Waals surface area (Å²) in [6, 6.07) is 11.8. The highest BCUT2D eigenvalue weighted by atomic mass is 16.5. The molecule has 88 valence electrons. The van der Waals surface area contributed by atoms with Gasteiger partial charge in [0.15, 0.2) is 11.5 Å². The Morgan fingerprint density at radius 2 is 1.82 bits per heavy atom. The Balaban J connectivity index is 2.22. The first kappa shape index (κ1) is 11.5. The van der Waals surface area contributed by atoms with E-state index in [0.29, 0.717) is 0 Å². The van der Waals surface area contributed by atoms with E-state index in [9.17, 15) is 0 Å². The van der Waals surface area contributed by atoms with Crippen molar-refractivity contribution in [3.63, 3.8) is 0 Å². The Bertz CT molecular complexity index is 483. The molecule has 1 heterocycles. The van der Waals surface area contributed by atoms with Crippen molar-refractivity contribution in [1.29, 1.82) is 0 Å². The third kappa shape index (κ3) is 2.75. The minimum atomic E-state index is 0.747. The molecule has 0 spiro atoms. The summed E-state index contributed by atoms with van der Waals surface area (Å²) in [5, 5.41) is 0. The van der Waals surface area contributed by atoms with Gasteiger partial charge in [0.25, 0.3) is 0 Å². The molecule has 0 aliphatic rings. The van der Waals surface area contributed by atoms with Crippen LogP contribution in [0.2, 0.25) is 0 Å². The second kappa shape index (κ2) is 5.34. The van der Waals surface area contributed by atoms with E-state index < -0.39 is 0 Å². The van der Waals surface area contributed by atoms with Gasteiger partial charge in [0, 0.05) is 18.3 Å². The Hall–Kier alpha value is -2.03. The summed E-state index contributed by atoms with van der Waals surface area (Å²) in [6.45, 7) is 0. The van der Waals surface area contributed by atoms with E-state index in [1.807, 2.05) is 36.4 Å². The molecule has 1 aromatic heterocycles. The average Bonchev–Trinajstić information content (AvgIpc) is 2.40. The molecule has 0 saturated heterocycles. The van der Waals surface area contributed by atoms with Crippen LogP contribution in [0.25, 0.3) is 0 Å². The summed E-state index contributed by atoms with van der Waals surface area (Å²) >= 11 is 0. The first-order valence-corrected chi connectivity index (χ1v) is 5.44. The fourth-order valence-corrected chi connectivity index (χ4v) is 1.70. The van der Waals surface area contributed by atoms with Gasteiger partial charge >= 0.3 is 0 Å². The maximum atomic E-state index is 5.27. The summed E-state index contributed by atoms with van der Waals surface area (Å²) in [7, 11) is 3.28. The molecule has 3 nitrogen and oxygen atoms in total. The van der Waals surface area contributed by atoms with E-state index in [1.54, 1.807) is 20.4 Å². The molecule has 0 amide bonds. The fraction of sp³-hybridized carbons (Fsp3) is 0.214. The van der Waals surface area contributed by atoms with Crippen LogP contribution in [0.15, 0.2) is 42.6 Å². The molecule has 2 rings (SSSR count). The number of pyridine rings is 1. The van der Waals surface area contributed by atoms with E-state index >= 15 is 0 Å². The van der Waals surface area contributed by atoms with Gasteiger partial charge in [0.05, 0.1) is 14.2 Å². The molecular weight excluding hydrogens is 214 g/mol. The largest absolute Gasteiger partial charge is 0.493 e. The minimum absolute atomic E-state index is 0.747. The average molecular weight is 229 g/mol. The number of benzene rings is 1. The number of rotatable bonds is 4. The Labute approximate surface area is 101 Å². The van der Waals surface area contributed by atoms with Crippen molar-refractivity contribution < 1.29 is 9.47 Å². The van der Waals surface area contributed by atoms with E-state index in [4.69, 9.17) is 9.47 Å². The summed E-state index contributed by atoms with van der Waals surface area (Å²) in [5.74, 6) is 1.50. The molecule has 0 atom stereocenters. The van der Waals surface area contributed by atoms with Crippen molar-refractivity contribution in [2.24, 2.45) is 0 Å². The summed E-state index contributed by atoms with van der Waals surface area (Å²) in [5.41, 5.74) is 2.20. The first-order valence-electron chi connectivity index (χ1n) is 5.44. The van der Waals surface area contributed by atoms with Crippen LogP contribution in [0.3, 0.4) is 0 Å². The molecule has 0 radical (unpaired) electrons. The van der Waals surface area contributed by atoms with Crippen molar-refractivity contribution >= 4 is 0 Å². The first-order chi connectivity index (χ1) is 8.33. The van der Waals surface area contributed by atoms with Crippen LogP contribution in [-0.4, -0.2) is 19.2 Å². The molecule has 17 heavy (non-hydrogen) atoms. The molecule has 0 N–H and O–H groups in total. The van der Waals surface area contributed by atoms with Crippen LogP contribution in [0.4, 0.5) is 0 Å². The van der Waals surface area contributed by atoms with E-state index in [1.165, 1.54) is 0 Å². The van der Waals surface area contributed by atoms with Gasteiger partial charge in [-0.15, -0.1) is 0 Å². The van der Waals surface area contributed by atoms with Gasteiger partial charge in [-0.25, -0.2) is 0 Å². The van der Waals surface area contributed by atoms with Crippen LogP contribution in [0, 0.1) is 0 Å². The van der Waals surface area contributed by atoms with Crippen LogP contribution >= 0.6 is 0 Å².